The molecule has 4 heteroatoms. The average molecular weight is 223 g/mol. The Kier molecular flexibility index (Phi) is 5.02. The van der Waals surface area contributed by atoms with E-state index in [4.69, 9.17) is 4.74 Å². The molecule has 0 aliphatic heterocycles. The van der Waals surface area contributed by atoms with Crippen LogP contribution in [-0.4, -0.2) is 23.1 Å². The van der Waals surface area contributed by atoms with Gasteiger partial charge in [-0.15, -0.1) is 0 Å². The van der Waals surface area contributed by atoms with Crippen LogP contribution in [0.1, 0.15) is 45.6 Å². The summed E-state index contributed by atoms with van der Waals surface area (Å²) in [4.78, 5) is 8.46. The van der Waals surface area contributed by atoms with Gasteiger partial charge in [-0.25, -0.2) is 9.97 Å². The maximum Gasteiger partial charge on any atom is 0.222 e. The van der Waals surface area contributed by atoms with Crippen LogP contribution in [-0.2, 0) is 0 Å². The van der Waals surface area contributed by atoms with Crippen molar-refractivity contribution in [3.63, 3.8) is 0 Å². The fourth-order valence-electron chi connectivity index (χ4n) is 1.52. The van der Waals surface area contributed by atoms with E-state index < -0.39 is 0 Å². The number of anilines is 1. The van der Waals surface area contributed by atoms with Gasteiger partial charge < -0.3 is 10.1 Å². The zero-order chi connectivity index (χ0) is 12.0. The molecule has 0 atom stereocenters. The van der Waals surface area contributed by atoms with Gasteiger partial charge >= 0.3 is 0 Å². The van der Waals surface area contributed by atoms with Gasteiger partial charge in [0.15, 0.2) is 0 Å². The van der Waals surface area contributed by atoms with Crippen molar-refractivity contribution in [1.82, 2.24) is 9.97 Å². The summed E-state index contributed by atoms with van der Waals surface area (Å²) in [7, 11) is 0. The standard InChI is InChI=1S/C12H21N3O/c1-5-7-16-12-10(9(3)4)11(13-6-2)14-8-15-12/h8-9H,5-7H2,1-4H3,(H,13,14,15). The molecule has 0 radical (unpaired) electrons. The Labute approximate surface area is 97.5 Å². The van der Waals surface area contributed by atoms with Gasteiger partial charge in [0.2, 0.25) is 5.88 Å². The predicted octanol–water partition coefficient (Wildman–Crippen LogP) is 2.82. The lowest BCUT2D eigenvalue weighted by atomic mass is 10.1. The van der Waals surface area contributed by atoms with Gasteiger partial charge in [-0.05, 0) is 19.3 Å². The number of rotatable bonds is 6. The van der Waals surface area contributed by atoms with E-state index in [1.807, 2.05) is 0 Å². The molecule has 0 amide bonds. The lowest BCUT2D eigenvalue weighted by Crippen LogP contribution is -2.09. The van der Waals surface area contributed by atoms with Gasteiger partial charge in [0.05, 0.1) is 12.2 Å². The molecule has 0 bridgehead atoms. The van der Waals surface area contributed by atoms with Gasteiger partial charge in [0.1, 0.15) is 12.1 Å². The first-order valence-electron chi connectivity index (χ1n) is 5.92. The number of ether oxygens (including phenoxy) is 1. The molecule has 1 rings (SSSR count). The average Bonchev–Trinajstić information content (AvgIpc) is 2.26. The molecule has 0 fully saturated rings. The Bertz CT molecular complexity index is 326. The monoisotopic (exact) mass is 223 g/mol. The summed E-state index contributed by atoms with van der Waals surface area (Å²) in [6.45, 7) is 9.93. The summed E-state index contributed by atoms with van der Waals surface area (Å²) < 4.78 is 5.64. The third-order valence-corrected chi connectivity index (χ3v) is 2.21. The molecule has 90 valence electrons. The molecular weight excluding hydrogens is 202 g/mol. The van der Waals surface area contributed by atoms with Gasteiger partial charge in [0, 0.05) is 6.54 Å². The molecular formula is C12H21N3O. The van der Waals surface area contributed by atoms with Crippen LogP contribution in [0.3, 0.4) is 0 Å². The minimum absolute atomic E-state index is 0.349. The molecule has 0 spiro atoms. The van der Waals surface area contributed by atoms with Crippen molar-refractivity contribution in [2.45, 2.75) is 40.0 Å². The molecule has 0 unspecified atom stereocenters. The topological polar surface area (TPSA) is 47.0 Å². The number of nitrogens with one attached hydrogen (secondary N) is 1. The lowest BCUT2D eigenvalue weighted by Gasteiger charge is -2.16. The van der Waals surface area contributed by atoms with Gasteiger partial charge in [-0.1, -0.05) is 20.8 Å². The maximum atomic E-state index is 5.64. The van der Waals surface area contributed by atoms with E-state index in [0.29, 0.717) is 18.4 Å². The normalized spacial score (nSPS) is 10.6. The van der Waals surface area contributed by atoms with Crippen LogP contribution in [0.4, 0.5) is 5.82 Å². The molecule has 0 saturated heterocycles. The minimum Gasteiger partial charge on any atom is -0.477 e. The van der Waals surface area contributed by atoms with Crippen LogP contribution >= 0.6 is 0 Å². The number of hydrogen-bond acceptors (Lipinski definition) is 4. The zero-order valence-corrected chi connectivity index (χ0v) is 10.6. The van der Waals surface area contributed by atoms with Crippen LogP contribution in [0.15, 0.2) is 6.33 Å². The molecule has 16 heavy (non-hydrogen) atoms. The van der Waals surface area contributed by atoms with Crippen molar-refractivity contribution in [2.24, 2.45) is 0 Å². The molecule has 1 heterocycles. The van der Waals surface area contributed by atoms with E-state index in [0.717, 1.165) is 24.3 Å². The highest BCUT2D eigenvalue weighted by Gasteiger charge is 2.15. The third kappa shape index (κ3) is 3.08. The van der Waals surface area contributed by atoms with E-state index in [1.165, 1.54) is 0 Å². The Balaban J connectivity index is 3.00. The summed E-state index contributed by atoms with van der Waals surface area (Å²) in [5.74, 6) is 1.95. The van der Waals surface area contributed by atoms with Gasteiger partial charge in [-0.2, -0.15) is 0 Å². The fraction of sp³-hybridized carbons (Fsp3) is 0.667. The maximum absolute atomic E-state index is 5.64. The summed E-state index contributed by atoms with van der Waals surface area (Å²) in [5, 5.41) is 3.24. The first kappa shape index (κ1) is 12.7. The second-order valence-electron chi connectivity index (χ2n) is 3.97. The summed E-state index contributed by atoms with van der Waals surface area (Å²) >= 11 is 0. The zero-order valence-electron chi connectivity index (χ0n) is 10.6. The first-order chi connectivity index (χ1) is 7.70. The Morgan fingerprint density at radius 1 is 1.31 bits per heavy atom. The second-order valence-corrected chi connectivity index (χ2v) is 3.97. The smallest absolute Gasteiger partial charge is 0.222 e. The van der Waals surface area contributed by atoms with Crippen molar-refractivity contribution >= 4 is 5.82 Å². The molecule has 1 aromatic heterocycles. The largest absolute Gasteiger partial charge is 0.477 e. The highest BCUT2D eigenvalue weighted by atomic mass is 16.5. The van der Waals surface area contributed by atoms with Crippen LogP contribution in [0.25, 0.3) is 0 Å². The van der Waals surface area contributed by atoms with Crippen molar-refractivity contribution < 1.29 is 4.74 Å². The van der Waals surface area contributed by atoms with E-state index >= 15 is 0 Å². The molecule has 0 aliphatic carbocycles. The summed E-state index contributed by atoms with van der Waals surface area (Å²) in [6.07, 6.45) is 2.53. The third-order valence-electron chi connectivity index (χ3n) is 2.21. The van der Waals surface area contributed by atoms with E-state index in [2.05, 4.69) is 43.0 Å². The van der Waals surface area contributed by atoms with Gasteiger partial charge in [0.25, 0.3) is 0 Å². The SMILES string of the molecule is CCCOc1ncnc(NCC)c1C(C)C. The van der Waals surface area contributed by atoms with E-state index in [1.54, 1.807) is 6.33 Å². The van der Waals surface area contributed by atoms with Gasteiger partial charge in [-0.3, -0.25) is 0 Å². The molecule has 1 N–H and O–H groups in total. The fourth-order valence-corrected chi connectivity index (χ4v) is 1.52. The Morgan fingerprint density at radius 3 is 2.62 bits per heavy atom. The molecule has 0 aromatic carbocycles. The number of hydrogen-bond donors (Lipinski definition) is 1. The Hall–Kier alpha value is -1.32. The van der Waals surface area contributed by atoms with Crippen LogP contribution < -0.4 is 10.1 Å². The molecule has 0 saturated carbocycles. The number of nitrogens with zero attached hydrogens (tertiary/aromatic N) is 2. The Morgan fingerprint density at radius 2 is 2.06 bits per heavy atom. The van der Waals surface area contributed by atoms with Crippen molar-refractivity contribution in [3.8, 4) is 5.88 Å². The highest BCUT2D eigenvalue weighted by molar-refractivity contribution is 5.50. The molecule has 4 nitrogen and oxygen atoms in total. The highest BCUT2D eigenvalue weighted by Crippen LogP contribution is 2.29. The number of aromatic nitrogens is 2. The van der Waals surface area contributed by atoms with Crippen molar-refractivity contribution in [3.05, 3.63) is 11.9 Å². The predicted molar refractivity (Wildman–Crippen MR) is 66.1 cm³/mol. The van der Waals surface area contributed by atoms with Crippen LogP contribution in [0.2, 0.25) is 0 Å². The summed E-state index contributed by atoms with van der Waals surface area (Å²) in [5.41, 5.74) is 1.07. The van der Waals surface area contributed by atoms with Crippen LogP contribution in [0, 0.1) is 0 Å². The lowest BCUT2D eigenvalue weighted by molar-refractivity contribution is 0.300. The minimum atomic E-state index is 0.349. The van der Waals surface area contributed by atoms with E-state index in [9.17, 15) is 0 Å². The van der Waals surface area contributed by atoms with Crippen molar-refractivity contribution in [1.29, 1.82) is 0 Å². The van der Waals surface area contributed by atoms with Crippen LogP contribution in [0.5, 0.6) is 5.88 Å². The quantitative estimate of drug-likeness (QED) is 0.805. The first-order valence-corrected chi connectivity index (χ1v) is 5.92. The molecule has 1 aromatic rings. The summed E-state index contributed by atoms with van der Waals surface area (Å²) in [6, 6.07) is 0. The molecule has 0 aliphatic rings. The second kappa shape index (κ2) is 6.30. The van der Waals surface area contributed by atoms with E-state index in [-0.39, 0.29) is 0 Å². The van der Waals surface area contributed by atoms with Crippen molar-refractivity contribution in [2.75, 3.05) is 18.5 Å².